The summed E-state index contributed by atoms with van der Waals surface area (Å²) in [5.41, 5.74) is 2.37. The number of ether oxygens (including phenoxy) is 1. The molecule has 1 unspecified atom stereocenters. The van der Waals surface area contributed by atoms with Crippen LogP contribution in [0.15, 0.2) is 42.7 Å². The molecule has 3 rings (SSSR count). The second-order valence-electron chi connectivity index (χ2n) is 5.04. The zero-order valence-corrected chi connectivity index (χ0v) is 13.1. The number of hydrogen-bond acceptors (Lipinski definition) is 5. The smallest absolute Gasteiger partial charge is 0.316 e. The monoisotopic (exact) mass is 315 g/mol. The van der Waals surface area contributed by atoms with E-state index in [1.54, 1.807) is 30.2 Å². The average molecular weight is 315 g/mol. The molecule has 6 heteroatoms. The summed E-state index contributed by atoms with van der Waals surface area (Å²) in [6, 6.07) is 10.3. The topological polar surface area (TPSA) is 55.3 Å². The molecule has 0 N–H and O–H groups in total. The number of aromatic nitrogens is 2. The minimum atomic E-state index is -0.0389. The van der Waals surface area contributed by atoms with E-state index in [0.717, 1.165) is 17.9 Å². The number of aryl methyl sites for hydroxylation is 1. The summed E-state index contributed by atoms with van der Waals surface area (Å²) in [6.07, 6.45) is 3.18. The lowest BCUT2D eigenvalue weighted by molar-refractivity contribution is -0.133. The van der Waals surface area contributed by atoms with E-state index in [0.29, 0.717) is 0 Å². The molecule has 114 valence electrons. The van der Waals surface area contributed by atoms with Crippen molar-refractivity contribution in [3.63, 3.8) is 0 Å². The predicted octanol–water partition coefficient (Wildman–Crippen LogP) is 2.44. The number of benzene rings is 1. The maximum absolute atomic E-state index is 12.4. The van der Waals surface area contributed by atoms with Gasteiger partial charge in [0.05, 0.1) is 0 Å². The molecule has 1 aromatic carbocycles. The minimum Gasteiger partial charge on any atom is -0.453 e. The predicted molar refractivity (Wildman–Crippen MR) is 85.6 cm³/mol. The Balaban J connectivity index is 1.65. The fourth-order valence-electron chi connectivity index (χ4n) is 2.30. The van der Waals surface area contributed by atoms with E-state index >= 15 is 0 Å². The molecule has 0 bridgehead atoms. The molecule has 0 saturated carbocycles. The van der Waals surface area contributed by atoms with Gasteiger partial charge in [-0.1, -0.05) is 29.8 Å². The Morgan fingerprint density at radius 1 is 1.32 bits per heavy atom. The highest BCUT2D eigenvalue weighted by atomic mass is 32.2. The standard InChI is InChI=1S/C16H17N3O2S/c1-12-3-5-13(6-4-12)15-19(9-10-22-15)14(20)11-21-16-17-7-2-8-18-16/h2-8,15H,9-11H2,1H3. The van der Waals surface area contributed by atoms with E-state index in [-0.39, 0.29) is 23.9 Å². The lowest BCUT2D eigenvalue weighted by Crippen LogP contribution is -2.34. The van der Waals surface area contributed by atoms with Crippen LogP contribution in [0.2, 0.25) is 0 Å². The van der Waals surface area contributed by atoms with E-state index in [2.05, 4.69) is 41.2 Å². The third kappa shape index (κ3) is 3.39. The first-order valence-corrected chi connectivity index (χ1v) is 8.16. The summed E-state index contributed by atoms with van der Waals surface area (Å²) < 4.78 is 5.36. The van der Waals surface area contributed by atoms with Gasteiger partial charge in [0.15, 0.2) is 6.61 Å². The van der Waals surface area contributed by atoms with Crippen molar-refractivity contribution in [2.75, 3.05) is 18.9 Å². The van der Waals surface area contributed by atoms with Gasteiger partial charge in [-0.15, -0.1) is 11.8 Å². The van der Waals surface area contributed by atoms with Gasteiger partial charge in [-0.2, -0.15) is 0 Å². The number of thioether (sulfide) groups is 1. The van der Waals surface area contributed by atoms with E-state index in [1.165, 1.54) is 5.56 Å². The first kappa shape index (κ1) is 14.8. The lowest BCUT2D eigenvalue weighted by Gasteiger charge is -2.24. The molecular formula is C16H17N3O2S. The Morgan fingerprint density at radius 2 is 2.05 bits per heavy atom. The van der Waals surface area contributed by atoms with Crippen LogP contribution >= 0.6 is 11.8 Å². The summed E-state index contributed by atoms with van der Waals surface area (Å²) >= 11 is 1.78. The fraction of sp³-hybridized carbons (Fsp3) is 0.312. The zero-order valence-electron chi connectivity index (χ0n) is 12.3. The Hall–Kier alpha value is -2.08. The molecule has 1 aliphatic rings. The van der Waals surface area contributed by atoms with Crippen molar-refractivity contribution >= 4 is 17.7 Å². The van der Waals surface area contributed by atoms with Crippen LogP contribution in [0, 0.1) is 6.92 Å². The molecule has 0 radical (unpaired) electrons. The largest absolute Gasteiger partial charge is 0.453 e. The summed E-state index contributed by atoms with van der Waals surface area (Å²) in [5, 5.41) is 0.0633. The van der Waals surface area contributed by atoms with Gasteiger partial charge in [0.1, 0.15) is 5.37 Å². The number of carbonyl (C=O) groups is 1. The minimum absolute atomic E-state index is 0.0348. The Morgan fingerprint density at radius 3 is 2.77 bits per heavy atom. The van der Waals surface area contributed by atoms with E-state index in [1.807, 2.05) is 4.90 Å². The molecule has 0 spiro atoms. The summed E-state index contributed by atoms with van der Waals surface area (Å²) in [4.78, 5) is 22.2. The zero-order chi connectivity index (χ0) is 15.4. The number of rotatable bonds is 4. The van der Waals surface area contributed by atoms with Crippen LogP contribution < -0.4 is 4.74 Å². The van der Waals surface area contributed by atoms with E-state index < -0.39 is 0 Å². The van der Waals surface area contributed by atoms with Crippen LogP contribution in [0.3, 0.4) is 0 Å². The number of carbonyl (C=O) groups excluding carboxylic acids is 1. The van der Waals surface area contributed by atoms with Crippen LogP contribution in [0.4, 0.5) is 0 Å². The van der Waals surface area contributed by atoms with Crippen molar-refractivity contribution in [1.29, 1.82) is 0 Å². The molecule has 1 amide bonds. The third-order valence-corrected chi connectivity index (χ3v) is 4.70. The first-order chi connectivity index (χ1) is 10.7. The van der Waals surface area contributed by atoms with Crippen molar-refractivity contribution in [3.8, 4) is 6.01 Å². The summed E-state index contributed by atoms with van der Waals surface area (Å²) in [5.74, 6) is 0.898. The summed E-state index contributed by atoms with van der Waals surface area (Å²) in [7, 11) is 0. The SMILES string of the molecule is Cc1ccc(C2SCCN2C(=O)COc2ncccn2)cc1. The second kappa shape index (κ2) is 6.79. The van der Waals surface area contributed by atoms with Crippen molar-refractivity contribution in [2.24, 2.45) is 0 Å². The van der Waals surface area contributed by atoms with Gasteiger partial charge in [-0.05, 0) is 18.6 Å². The average Bonchev–Trinajstić information content (AvgIpc) is 3.04. The van der Waals surface area contributed by atoms with Crippen molar-refractivity contribution in [3.05, 3.63) is 53.9 Å². The Bertz CT molecular complexity index is 634. The molecule has 22 heavy (non-hydrogen) atoms. The number of hydrogen-bond donors (Lipinski definition) is 0. The number of amides is 1. The molecule has 1 atom stereocenters. The van der Waals surface area contributed by atoms with Crippen LogP contribution in [0.1, 0.15) is 16.5 Å². The van der Waals surface area contributed by atoms with Gasteiger partial charge in [0, 0.05) is 24.7 Å². The Labute approximate surface area is 133 Å². The van der Waals surface area contributed by atoms with Gasteiger partial charge < -0.3 is 9.64 Å². The van der Waals surface area contributed by atoms with Gasteiger partial charge in [0.25, 0.3) is 5.91 Å². The van der Waals surface area contributed by atoms with Gasteiger partial charge in [0.2, 0.25) is 0 Å². The van der Waals surface area contributed by atoms with Crippen molar-refractivity contribution < 1.29 is 9.53 Å². The maximum Gasteiger partial charge on any atom is 0.316 e. The molecule has 5 nitrogen and oxygen atoms in total. The van der Waals surface area contributed by atoms with Crippen LogP contribution in [0.25, 0.3) is 0 Å². The highest BCUT2D eigenvalue weighted by molar-refractivity contribution is 7.99. The molecule has 1 saturated heterocycles. The molecule has 2 aromatic rings. The summed E-state index contributed by atoms with van der Waals surface area (Å²) in [6.45, 7) is 2.76. The van der Waals surface area contributed by atoms with Crippen molar-refractivity contribution in [1.82, 2.24) is 14.9 Å². The van der Waals surface area contributed by atoms with Gasteiger partial charge >= 0.3 is 6.01 Å². The lowest BCUT2D eigenvalue weighted by atomic mass is 10.1. The van der Waals surface area contributed by atoms with E-state index in [9.17, 15) is 4.79 Å². The quantitative estimate of drug-likeness (QED) is 0.867. The van der Waals surface area contributed by atoms with Gasteiger partial charge in [-0.3, -0.25) is 4.79 Å². The van der Waals surface area contributed by atoms with Crippen molar-refractivity contribution in [2.45, 2.75) is 12.3 Å². The van der Waals surface area contributed by atoms with Crippen LogP contribution in [-0.2, 0) is 4.79 Å². The van der Waals surface area contributed by atoms with Crippen LogP contribution in [0.5, 0.6) is 6.01 Å². The van der Waals surface area contributed by atoms with E-state index in [4.69, 9.17) is 4.74 Å². The third-order valence-electron chi connectivity index (χ3n) is 3.44. The van der Waals surface area contributed by atoms with Crippen LogP contribution in [-0.4, -0.2) is 39.7 Å². The molecule has 2 heterocycles. The normalized spacial score (nSPS) is 17.5. The molecule has 1 aliphatic heterocycles. The Kier molecular flexibility index (Phi) is 4.58. The highest BCUT2D eigenvalue weighted by Crippen LogP contribution is 2.37. The second-order valence-corrected chi connectivity index (χ2v) is 6.23. The molecule has 1 aromatic heterocycles. The molecular weight excluding hydrogens is 298 g/mol. The molecule has 0 aliphatic carbocycles. The highest BCUT2D eigenvalue weighted by Gasteiger charge is 2.30. The first-order valence-electron chi connectivity index (χ1n) is 7.11. The fourth-order valence-corrected chi connectivity index (χ4v) is 3.58. The number of nitrogens with zero attached hydrogens (tertiary/aromatic N) is 3. The van der Waals surface area contributed by atoms with Gasteiger partial charge in [-0.25, -0.2) is 9.97 Å². The molecule has 1 fully saturated rings. The maximum atomic E-state index is 12.4.